The minimum atomic E-state index is -2.21. The smallest absolute Gasteiger partial charge is 0.189 e. The molecular formula is C28H54O11. The van der Waals surface area contributed by atoms with E-state index in [0.29, 0.717) is 0 Å². The van der Waals surface area contributed by atoms with Crippen LogP contribution in [0.1, 0.15) is 101 Å². The van der Waals surface area contributed by atoms with Gasteiger partial charge in [0.05, 0.1) is 13.2 Å². The lowest BCUT2D eigenvalue weighted by Crippen LogP contribution is -2.83. The molecule has 0 radical (unpaired) electrons. The van der Waals surface area contributed by atoms with Crippen LogP contribution < -0.4 is 0 Å². The standard InChI is InChI=1S/C28H54O11/c1-10-11-12-13-14-15-16-36-19-23(4,30)28(9,35)26(7,33)22(3,39-19)18-37-20-24(5,31)27(8,34)25(6,32)21(2,17-29)38-20/h19-20,29-35H,10-18H2,1-9H3. The van der Waals surface area contributed by atoms with E-state index < -0.39 is 70.6 Å². The van der Waals surface area contributed by atoms with Crippen LogP contribution in [0.5, 0.6) is 0 Å². The molecule has 2 saturated heterocycles. The van der Waals surface area contributed by atoms with Crippen molar-refractivity contribution in [2.45, 2.75) is 158 Å². The minimum absolute atomic E-state index is 0.259. The lowest BCUT2D eigenvalue weighted by atomic mass is 9.63. The summed E-state index contributed by atoms with van der Waals surface area (Å²) in [7, 11) is 0. The number of ether oxygens (including phenoxy) is 4. The first-order valence-electron chi connectivity index (χ1n) is 14.1. The number of aliphatic hydroxyl groups excluding tert-OH is 1. The Labute approximate surface area is 233 Å². The molecule has 11 nitrogen and oxygen atoms in total. The Morgan fingerprint density at radius 2 is 0.974 bits per heavy atom. The van der Waals surface area contributed by atoms with Crippen molar-refractivity contribution in [1.29, 1.82) is 0 Å². The van der Waals surface area contributed by atoms with Gasteiger partial charge >= 0.3 is 0 Å². The predicted molar refractivity (Wildman–Crippen MR) is 143 cm³/mol. The highest BCUT2D eigenvalue weighted by Crippen LogP contribution is 2.52. The van der Waals surface area contributed by atoms with Crippen molar-refractivity contribution in [3.8, 4) is 0 Å². The molecule has 0 spiro atoms. The summed E-state index contributed by atoms with van der Waals surface area (Å²) in [6.07, 6.45) is 3.21. The van der Waals surface area contributed by atoms with Gasteiger partial charge in [-0.1, -0.05) is 39.0 Å². The first-order chi connectivity index (χ1) is 17.5. The van der Waals surface area contributed by atoms with E-state index in [4.69, 9.17) is 18.9 Å². The molecule has 0 aromatic heterocycles. The number of rotatable bonds is 12. The van der Waals surface area contributed by atoms with Crippen LogP contribution in [0.3, 0.4) is 0 Å². The monoisotopic (exact) mass is 566 g/mol. The van der Waals surface area contributed by atoms with Gasteiger partial charge in [0, 0.05) is 6.61 Å². The van der Waals surface area contributed by atoms with Gasteiger partial charge in [0.25, 0.3) is 0 Å². The van der Waals surface area contributed by atoms with Crippen LogP contribution in [0.2, 0.25) is 0 Å². The van der Waals surface area contributed by atoms with Gasteiger partial charge in [-0.15, -0.1) is 0 Å². The highest BCUT2D eigenvalue weighted by atomic mass is 16.7. The third-order valence-electron chi connectivity index (χ3n) is 10.2. The molecule has 2 heterocycles. The molecule has 0 saturated carbocycles. The molecule has 2 aliphatic rings. The second kappa shape index (κ2) is 11.3. The fourth-order valence-electron chi connectivity index (χ4n) is 5.47. The van der Waals surface area contributed by atoms with Crippen molar-refractivity contribution in [2.24, 2.45) is 0 Å². The third kappa shape index (κ3) is 5.43. The van der Waals surface area contributed by atoms with Crippen LogP contribution in [0.25, 0.3) is 0 Å². The van der Waals surface area contributed by atoms with E-state index in [9.17, 15) is 35.7 Å². The molecular weight excluding hydrogens is 512 g/mol. The normalized spacial score (nSPS) is 50.8. The fraction of sp³-hybridized carbons (Fsp3) is 1.00. The van der Waals surface area contributed by atoms with E-state index in [2.05, 4.69) is 6.92 Å². The van der Waals surface area contributed by atoms with Crippen molar-refractivity contribution in [2.75, 3.05) is 19.8 Å². The molecule has 39 heavy (non-hydrogen) atoms. The highest BCUT2D eigenvalue weighted by Gasteiger charge is 2.73. The zero-order chi connectivity index (χ0) is 30.3. The molecule has 2 rings (SSSR count). The maximum atomic E-state index is 11.6. The van der Waals surface area contributed by atoms with Crippen LogP contribution >= 0.6 is 0 Å². The summed E-state index contributed by atoms with van der Waals surface area (Å²) < 4.78 is 23.7. The van der Waals surface area contributed by atoms with Crippen molar-refractivity contribution < 1.29 is 54.7 Å². The van der Waals surface area contributed by atoms with Gasteiger partial charge in [0.15, 0.2) is 12.6 Å². The third-order valence-corrected chi connectivity index (χ3v) is 10.2. The van der Waals surface area contributed by atoms with Gasteiger partial charge in [-0.2, -0.15) is 0 Å². The number of aliphatic hydroxyl groups is 7. The number of hydrogen-bond acceptors (Lipinski definition) is 11. The van der Waals surface area contributed by atoms with E-state index >= 15 is 0 Å². The molecule has 232 valence electrons. The molecule has 2 aliphatic heterocycles. The van der Waals surface area contributed by atoms with E-state index in [1.807, 2.05) is 0 Å². The highest BCUT2D eigenvalue weighted by molar-refractivity contribution is 5.20. The zero-order valence-corrected chi connectivity index (χ0v) is 25.3. The summed E-state index contributed by atoms with van der Waals surface area (Å²) in [5.41, 5.74) is -16.2. The Morgan fingerprint density at radius 1 is 0.564 bits per heavy atom. The van der Waals surface area contributed by atoms with E-state index in [1.165, 1.54) is 61.8 Å². The quantitative estimate of drug-likeness (QED) is 0.168. The second-order valence-electron chi connectivity index (χ2n) is 13.1. The topological polar surface area (TPSA) is 179 Å². The van der Waals surface area contributed by atoms with Crippen molar-refractivity contribution in [3.05, 3.63) is 0 Å². The second-order valence-corrected chi connectivity index (χ2v) is 13.1. The van der Waals surface area contributed by atoms with Gasteiger partial charge in [-0.05, 0) is 61.8 Å². The molecule has 7 N–H and O–H groups in total. The van der Waals surface area contributed by atoms with Crippen molar-refractivity contribution in [1.82, 2.24) is 0 Å². The molecule has 0 bridgehead atoms. The summed E-state index contributed by atoms with van der Waals surface area (Å²) in [5.74, 6) is 0. The molecule has 11 heteroatoms. The molecule has 2 fully saturated rings. The average Bonchev–Trinajstić information content (AvgIpc) is 2.82. The van der Waals surface area contributed by atoms with Crippen LogP contribution in [-0.2, 0) is 18.9 Å². The maximum Gasteiger partial charge on any atom is 0.189 e. The van der Waals surface area contributed by atoms with Crippen LogP contribution in [-0.4, -0.2) is 113 Å². The van der Waals surface area contributed by atoms with Gasteiger partial charge in [0.2, 0.25) is 0 Å². The Morgan fingerprint density at radius 3 is 1.46 bits per heavy atom. The van der Waals surface area contributed by atoms with Crippen LogP contribution in [0, 0.1) is 0 Å². The fourth-order valence-corrected chi connectivity index (χ4v) is 5.47. The zero-order valence-electron chi connectivity index (χ0n) is 25.3. The molecule has 10 unspecified atom stereocenters. The summed E-state index contributed by atoms with van der Waals surface area (Å²) in [4.78, 5) is 0. The molecule has 10 atom stereocenters. The Balaban J connectivity index is 2.28. The lowest BCUT2D eigenvalue weighted by Gasteiger charge is -2.63. The van der Waals surface area contributed by atoms with Gasteiger partial charge in [0.1, 0.15) is 44.8 Å². The SMILES string of the molecule is CCCCCCCCOC1OC(C)(COC2OC(C)(CO)C(C)(O)C(C)(O)C2(C)O)C(C)(O)C(C)(O)C1(C)O. The largest absolute Gasteiger partial charge is 0.393 e. The summed E-state index contributed by atoms with van der Waals surface area (Å²) in [6.45, 7) is 11.6. The predicted octanol–water partition coefficient (Wildman–Crippen LogP) is 1.11. The summed E-state index contributed by atoms with van der Waals surface area (Å²) >= 11 is 0. The van der Waals surface area contributed by atoms with Crippen molar-refractivity contribution >= 4 is 0 Å². The first-order valence-corrected chi connectivity index (χ1v) is 14.1. The number of hydrogen-bond donors (Lipinski definition) is 7. The van der Waals surface area contributed by atoms with Crippen molar-refractivity contribution in [3.63, 3.8) is 0 Å². The minimum Gasteiger partial charge on any atom is -0.393 e. The molecule has 0 amide bonds. The van der Waals surface area contributed by atoms with Crippen LogP contribution in [0.4, 0.5) is 0 Å². The lowest BCUT2D eigenvalue weighted by molar-refractivity contribution is -0.442. The van der Waals surface area contributed by atoms with E-state index in [0.717, 1.165) is 32.1 Å². The maximum absolute atomic E-state index is 11.6. The Bertz CT molecular complexity index is 822. The molecule has 0 aromatic carbocycles. The molecule has 0 aliphatic carbocycles. The van der Waals surface area contributed by atoms with Gasteiger partial charge < -0.3 is 54.7 Å². The summed E-state index contributed by atoms with van der Waals surface area (Å²) in [5, 5.41) is 77.8. The van der Waals surface area contributed by atoms with Gasteiger partial charge in [-0.3, -0.25) is 0 Å². The van der Waals surface area contributed by atoms with E-state index in [-0.39, 0.29) is 6.61 Å². The average molecular weight is 567 g/mol. The Kier molecular flexibility index (Phi) is 10.1. The summed E-state index contributed by atoms with van der Waals surface area (Å²) in [6, 6.07) is 0. The first kappa shape index (κ1) is 34.8. The van der Waals surface area contributed by atoms with E-state index in [1.54, 1.807) is 0 Å². The van der Waals surface area contributed by atoms with Crippen LogP contribution in [0.15, 0.2) is 0 Å². The number of unbranched alkanes of at least 4 members (excludes halogenated alkanes) is 5. The molecule has 0 aromatic rings. The Hall–Kier alpha value is -0.440. The van der Waals surface area contributed by atoms with Gasteiger partial charge in [-0.25, -0.2) is 0 Å².